The third-order valence-corrected chi connectivity index (χ3v) is 1.41. The van der Waals surface area contributed by atoms with Crippen LogP contribution < -0.4 is 5.43 Å². The summed E-state index contributed by atoms with van der Waals surface area (Å²) in [6, 6.07) is 3.71. The minimum absolute atomic E-state index is 0.0150. The van der Waals surface area contributed by atoms with Gasteiger partial charge < -0.3 is 0 Å². The number of nitrogens with zero attached hydrogens (tertiary/aromatic N) is 1. The summed E-state index contributed by atoms with van der Waals surface area (Å²) in [4.78, 5) is 10.4. The van der Waals surface area contributed by atoms with Crippen LogP contribution in [0, 0.1) is 11.6 Å². The lowest BCUT2D eigenvalue weighted by Crippen LogP contribution is -2.12. The lowest BCUT2D eigenvalue weighted by molar-refractivity contribution is -0.118. The Kier molecular flexibility index (Phi) is 3.28. The molecule has 0 aliphatic heterocycles. The fourth-order valence-corrected chi connectivity index (χ4v) is 0.813. The highest BCUT2D eigenvalue weighted by Gasteiger charge is 2.04. The third-order valence-electron chi connectivity index (χ3n) is 1.41. The average molecular weight is 198 g/mol. The van der Waals surface area contributed by atoms with E-state index >= 15 is 0 Å². The van der Waals surface area contributed by atoms with Gasteiger partial charge in [-0.15, -0.1) is 0 Å². The van der Waals surface area contributed by atoms with Crippen molar-refractivity contribution < 1.29 is 13.6 Å². The Morgan fingerprint density at radius 3 is 2.86 bits per heavy atom. The van der Waals surface area contributed by atoms with Gasteiger partial charge >= 0.3 is 0 Å². The minimum Gasteiger partial charge on any atom is -0.274 e. The van der Waals surface area contributed by atoms with Gasteiger partial charge in [0.1, 0.15) is 0 Å². The van der Waals surface area contributed by atoms with E-state index in [1.54, 1.807) is 0 Å². The van der Waals surface area contributed by atoms with Crippen LogP contribution in [-0.2, 0) is 4.79 Å². The van der Waals surface area contributed by atoms with Gasteiger partial charge in [-0.3, -0.25) is 4.79 Å². The van der Waals surface area contributed by atoms with E-state index < -0.39 is 11.6 Å². The standard InChI is InChI=1S/C9H8F2N2O/c1-6(14)13-12-5-7-3-2-4-8(10)9(7)11/h2-5H,1H3,(H,13,14)/b12-5-. The van der Waals surface area contributed by atoms with Crippen molar-refractivity contribution in [2.24, 2.45) is 5.10 Å². The molecule has 0 aliphatic carbocycles. The molecule has 0 heterocycles. The van der Waals surface area contributed by atoms with Crippen LogP contribution in [0.15, 0.2) is 23.3 Å². The first-order valence-corrected chi connectivity index (χ1v) is 3.85. The lowest BCUT2D eigenvalue weighted by atomic mass is 10.2. The topological polar surface area (TPSA) is 41.5 Å². The Bertz CT molecular complexity index is 377. The van der Waals surface area contributed by atoms with Crippen LogP contribution in [-0.4, -0.2) is 12.1 Å². The highest BCUT2D eigenvalue weighted by atomic mass is 19.2. The van der Waals surface area contributed by atoms with Crippen molar-refractivity contribution in [2.75, 3.05) is 0 Å². The van der Waals surface area contributed by atoms with Gasteiger partial charge in [-0.2, -0.15) is 5.10 Å². The molecule has 0 fully saturated rings. The molecule has 0 saturated heterocycles. The first kappa shape index (κ1) is 10.3. The molecular formula is C9H8F2N2O. The minimum atomic E-state index is -0.985. The Balaban J connectivity index is 2.81. The van der Waals surface area contributed by atoms with E-state index in [0.717, 1.165) is 12.3 Å². The van der Waals surface area contributed by atoms with Crippen LogP contribution in [0.4, 0.5) is 8.78 Å². The predicted octanol–water partition coefficient (Wildman–Crippen LogP) is 1.43. The molecule has 0 saturated carbocycles. The van der Waals surface area contributed by atoms with E-state index in [2.05, 4.69) is 10.5 Å². The van der Waals surface area contributed by atoms with E-state index in [1.807, 2.05) is 0 Å². The quantitative estimate of drug-likeness (QED) is 0.567. The summed E-state index contributed by atoms with van der Waals surface area (Å²) in [5, 5.41) is 3.41. The van der Waals surface area contributed by atoms with Gasteiger partial charge in [0.25, 0.3) is 0 Å². The maximum Gasteiger partial charge on any atom is 0.236 e. The smallest absolute Gasteiger partial charge is 0.236 e. The van der Waals surface area contributed by atoms with Crippen LogP contribution in [0.5, 0.6) is 0 Å². The second kappa shape index (κ2) is 4.45. The molecule has 1 rings (SSSR count). The summed E-state index contributed by atoms with van der Waals surface area (Å²) < 4.78 is 25.6. The van der Waals surface area contributed by atoms with E-state index in [1.165, 1.54) is 19.1 Å². The van der Waals surface area contributed by atoms with Gasteiger partial charge in [-0.1, -0.05) is 12.1 Å². The van der Waals surface area contributed by atoms with Crippen molar-refractivity contribution in [1.29, 1.82) is 0 Å². The summed E-state index contributed by atoms with van der Waals surface area (Å²) in [5.41, 5.74) is 2.07. The molecule has 74 valence electrons. The number of carbonyl (C=O) groups is 1. The van der Waals surface area contributed by atoms with E-state index in [-0.39, 0.29) is 11.5 Å². The summed E-state index contributed by atoms with van der Waals surface area (Å²) >= 11 is 0. The molecule has 0 unspecified atom stereocenters. The SMILES string of the molecule is CC(=O)N/N=C\c1cccc(F)c1F. The largest absolute Gasteiger partial charge is 0.274 e. The van der Waals surface area contributed by atoms with Gasteiger partial charge in [0.05, 0.1) is 6.21 Å². The first-order valence-electron chi connectivity index (χ1n) is 3.85. The molecule has 1 aromatic rings. The number of hydrogen-bond donors (Lipinski definition) is 1. The highest BCUT2D eigenvalue weighted by molar-refractivity contribution is 5.81. The molecule has 5 heteroatoms. The Morgan fingerprint density at radius 1 is 1.50 bits per heavy atom. The van der Waals surface area contributed by atoms with Gasteiger partial charge in [-0.25, -0.2) is 14.2 Å². The second-order valence-corrected chi connectivity index (χ2v) is 2.57. The predicted molar refractivity (Wildman–Crippen MR) is 47.8 cm³/mol. The van der Waals surface area contributed by atoms with Crippen LogP contribution >= 0.6 is 0 Å². The van der Waals surface area contributed by atoms with Crippen molar-refractivity contribution >= 4 is 12.1 Å². The summed E-state index contributed by atoms with van der Waals surface area (Å²) in [6.07, 6.45) is 1.04. The zero-order valence-electron chi connectivity index (χ0n) is 7.42. The molecule has 0 radical (unpaired) electrons. The first-order chi connectivity index (χ1) is 6.61. The maximum absolute atomic E-state index is 12.9. The van der Waals surface area contributed by atoms with Crippen LogP contribution in [0.25, 0.3) is 0 Å². The number of amides is 1. The van der Waals surface area contributed by atoms with Crippen LogP contribution in [0.3, 0.4) is 0 Å². The van der Waals surface area contributed by atoms with Gasteiger partial charge in [0, 0.05) is 12.5 Å². The molecule has 0 atom stereocenters. The number of benzene rings is 1. The Morgan fingerprint density at radius 2 is 2.21 bits per heavy atom. The molecule has 1 amide bonds. The highest BCUT2D eigenvalue weighted by Crippen LogP contribution is 2.08. The third kappa shape index (κ3) is 2.62. The van der Waals surface area contributed by atoms with Gasteiger partial charge in [0.15, 0.2) is 11.6 Å². The number of hydrogen-bond acceptors (Lipinski definition) is 2. The number of hydrazone groups is 1. The molecule has 1 aromatic carbocycles. The molecule has 1 N–H and O–H groups in total. The molecular weight excluding hydrogens is 190 g/mol. The zero-order valence-corrected chi connectivity index (χ0v) is 7.42. The van der Waals surface area contributed by atoms with Crippen molar-refractivity contribution in [1.82, 2.24) is 5.43 Å². The summed E-state index contributed by atoms with van der Waals surface area (Å²) in [6.45, 7) is 1.26. The molecule has 0 bridgehead atoms. The normalized spacial score (nSPS) is 10.5. The van der Waals surface area contributed by atoms with E-state index in [4.69, 9.17) is 0 Å². The molecule has 0 aromatic heterocycles. The van der Waals surface area contributed by atoms with Crippen molar-refractivity contribution in [3.05, 3.63) is 35.4 Å². The zero-order chi connectivity index (χ0) is 10.6. The van der Waals surface area contributed by atoms with Crippen LogP contribution in [0.2, 0.25) is 0 Å². The molecule has 3 nitrogen and oxygen atoms in total. The second-order valence-electron chi connectivity index (χ2n) is 2.57. The fourth-order valence-electron chi connectivity index (χ4n) is 0.813. The van der Waals surface area contributed by atoms with Gasteiger partial charge in [0.2, 0.25) is 5.91 Å². The average Bonchev–Trinajstić information content (AvgIpc) is 2.12. The number of nitrogens with one attached hydrogen (secondary N) is 1. The monoisotopic (exact) mass is 198 g/mol. The Labute approximate surface area is 79.4 Å². The molecule has 14 heavy (non-hydrogen) atoms. The van der Waals surface area contributed by atoms with Crippen molar-refractivity contribution in [3.63, 3.8) is 0 Å². The van der Waals surface area contributed by atoms with E-state index in [0.29, 0.717) is 0 Å². The fraction of sp³-hybridized carbons (Fsp3) is 0.111. The van der Waals surface area contributed by atoms with E-state index in [9.17, 15) is 13.6 Å². The summed E-state index contributed by atoms with van der Waals surface area (Å²) in [5.74, 6) is -2.31. The lowest BCUT2D eigenvalue weighted by Gasteiger charge is -1.96. The number of rotatable bonds is 2. The van der Waals surface area contributed by atoms with Crippen molar-refractivity contribution in [2.45, 2.75) is 6.92 Å². The van der Waals surface area contributed by atoms with Crippen LogP contribution in [0.1, 0.15) is 12.5 Å². The summed E-state index contributed by atoms with van der Waals surface area (Å²) in [7, 11) is 0. The number of carbonyl (C=O) groups excluding carboxylic acids is 1. The van der Waals surface area contributed by atoms with Gasteiger partial charge in [-0.05, 0) is 6.07 Å². The molecule has 0 spiro atoms. The Hall–Kier alpha value is -1.78. The maximum atomic E-state index is 12.9. The van der Waals surface area contributed by atoms with Crippen molar-refractivity contribution in [3.8, 4) is 0 Å². The number of halogens is 2. The molecule has 0 aliphatic rings.